The summed E-state index contributed by atoms with van der Waals surface area (Å²) in [5.74, 6) is 2.80. The Labute approximate surface area is 129 Å². The van der Waals surface area contributed by atoms with Crippen molar-refractivity contribution in [2.24, 2.45) is 0 Å². The fraction of sp³-hybridized carbons (Fsp3) is 0.562. The van der Waals surface area contributed by atoms with Crippen molar-refractivity contribution in [1.29, 1.82) is 0 Å². The van der Waals surface area contributed by atoms with Crippen LogP contribution in [0.3, 0.4) is 0 Å². The van der Waals surface area contributed by atoms with Gasteiger partial charge in [-0.25, -0.2) is 0 Å². The summed E-state index contributed by atoms with van der Waals surface area (Å²) in [7, 11) is 0. The summed E-state index contributed by atoms with van der Waals surface area (Å²) in [6, 6.07) is 1.66. The van der Waals surface area contributed by atoms with E-state index in [1.54, 1.807) is 6.07 Å². The van der Waals surface area contributed by atoms with Gasteiger partial charge in [-0.1, -0.05) is 19.0 Å². The smallest absolute Gasteiger partial charge is 0.258 e. The Morgan fingerprint density at radius 3 is 2.77 bits per heavy atom. The number of hydrogen-bond acceptors (Lipinski definition) is 5. The van der Waals surface area contributed by atoms with Gasteiger partial charge in [-0.2, -0.15) is 4.98 Å². The van der Waals surface area contributed by atoms with Crippen LogP contribution >= 0.6 is 0 Å². The summed E-state index contributed by atoms with van der Waals surface area (Å²) in [5.41, 5.74) is 0.619. The zero-order chi connectivity index (χ0) is 15.9. The molecule has 22 heavy (non-hydrogen) atoms. The average molecular weight is 303 g/mol. The van der Waals surface area contributed by atoms with E-state index in [4.69, 9.17) is 8.94 Å². The fourth-order valence-corrected chi connectivity index (χ4v) is 2.88. The number of nitrogens with zero attached hydrogens (tertiary/aromatic N) is 3. The van der Waals surface area contributed by atoms with Crippen LogP contribution in [0.2, 0.25) is 0 Å². The van der Waals surface area contributed by atoms with Crippen molar-refractivity contribution >= 4 is 5.91 Å². The Morgan fingerprint density at radius 1 is 1.41 bits per heavy atom. The number of aryl methyl sites for hydroxylation is 2. The minimum atomic E-state index is -0.137. The van der Waals surface area contributed by atoms with Crippen molar-refractivity contribution in [2.75, 3.05) is 6.54 Å². The molecule has 1 amide bonds. The second-order valence-corrected chi connectivity index (χ2v) is 6.13. The van der Waals surface area contributed by atoms with Gasteiger partial charge in [0.1, 0.15) is 17.6 Å². The topological polar surface area (TPSA) is 72.4 Å². The van der Waals surface area contributed by atoms with E-state index in [1.807, 2.05) is 32.6 Å². The van der Waals surface area contributed by atoms with Crippen molar-refractivity contribution in [3.05, 3.63) is 34.9 Å². The van der Waals surface area contributed by atoms with E-state index < -0.39 is 0 Å². The molecule has 0 saturated carbocycles. The Balaban J connectivity index is 1.86. The molecular weight excluding hydrogens is 282 g/mol. The number of likely N-dealkylation sites (tertiary alicyclic amines) is 1. The van der Waals surface area contributed by atoms with Crippen molar-refractivity contribution in [1.82, 2.24) is 15.0 Å². The Hall–Kier alpha value is -2.11. The zero-order valence-corrected chi connectivity index (χ0v) is 13.4. The maximum absolute atomic E-state index is 12.8. The number of amides is 1. The summed E-state index contributed by atoms with van der Waals surface area (Å²) < 4.78 is 10.9. The minimum Gasteiger partial charge on any atom is -0.466 e. The van der Waals surface area contributed by atoms with Crippen LogP contribution in [0.1, 0.15) is 72.2 Å². The number of furan rings is 1. The summed E-state index contributed by atoms with van der Waals surface area (Å²) in [4.78, 5) is 19.0. The molecule has 6 nitrogen and oxygen atoms in total. The second-order valence-electron chi connectivity index (χ2n) is 6.13. The first-order chi connectivity index (χ1) is 10.5. The van der Waals surface area contributed by atoms with Crippen LogP contribution in [0, 0.1) is 13.8 Å². The monoisotopic (exact) mass is 303 g/mol. The summed E-state index contributed by atoms with van der Waals surface area (Å²) in [5, 5.41) is 4.01. The largest absolute Gasteiger partial charge is 0.466 e. The molecule has 1 fully saturated rings. The predicted molar refractivity (Wildman–Crippen MR) is 79.6 cm³/mol. The molecule has 0 aliphatic carbocycles. The van der Waals surface area contributed by atoms with Crippen LogP contribution in [0.15, 0.2) is 15.0 Å². The average Bonchev–Trinajstić information content (AvgIpc) is 3.15. The summed E-state index contributed by atoms with van der Waals surface area (Å²) in [6.45, 7) is 8.40. The van der Waals surface area contributed by atoms with Gasteiger partial charge in [-0.05, 0) is 32.8 Å². The zero-order valence-electron chi connectivity index (χ0n) is 13.4. The van der Waals surface area contributed by atoms with E-state index in [9.17, 15) is 4.79 Å². The van der Waals surface area contributed by atoms with Crippen LogP contribution in [0.4, 0.5) is 0 Å². The molecule has 118 valence electrons. The van der Waals surface area contributed by atoms with E-state index in [1.165, 1.54) is 0 Å². The van der Waals surface area contributed by atoms with Crippen molar-refractivity contribution in [2.45, 2.75) is 52.5 Å². The first kappa shape index (κ1) is 14.8. The first-order valence-electron chi connectivity index (χ1n) is 7.69. The highest BCUT2D eigenvalue weighted by atomic mass is 16.5. The van der Waals surface area contributed by atoms with Gasteiger partial charge in [-0.15, -0.1) is 0 Å². The molecule has 1 aliphatic rings. The minimum absolute atomic E-state index is 0.0267. The van der Waals surface area contributed by atoms with Crippen LogP contribution in [0.25, 0.3) is 0 Å². The highest BCUT2D eigenvalue weighted by Gasteiger charge is 2.35. The SMILES string of the molecule is Cc1cc(C(=O)N2CCCC2c2nc(C(C)C)no2)c(C)o1. The molecule has 0 spiro atoms. The normalized spacial score (nSPS) is 18.4. The van der Waals surface area contributed by atoms with Crippen molar-refractivity contribution in [3.63, 3.8) is 0 Å². The highest BCUT2D eigenvalue weighted by Crippen LogP contribution is 2.33. The standard InChI is InChI=1S/C16H21N3O3/c1-9(2)14-17-15(22-18-14)13-6-5-7-19(13)16(20)12-8-10(3)21-11(12)4/h8-9,13H,5-7H2,1-4H3. The maximum atomic E-state index is 12.8. The Bertz CT molecular complexity index is 687. The molecule has 1 saturated heterocycles. The van der Waals surface area contributed by atoms with Gasteiger partial charge >= 0.3 is 0 Å². The lowest BCUT2D eigenvalue weighted by Gasteiger charge is -2.21. The first-order valence-corrected chi connectivity index (χ1v) is 7.69. The van der Waals surface area contributed by atoms with E-state index in [-0.39, 0.29) is 17.9 Å². The summed E-state index contributed by atoms with van der Waals surface area (Å²) in [6.07, 6.45) is 1.78. The number of aromatic nitrogens is 2. The van der Waals surface area contributed by atoms with E-state index in [2.05, 4.69) is 10.1 Å². The third-order valence-corrected chi connectivity index (χ3v) is 4.04. The third-order valence-electron chi connectivity index (χ3n) is 4.04. The number of hydrogen-bond donors (Lipinski definition) is 0. The number of rotatable bonds is 3. The van der Waals surface area contributed by atoms with Crippen LogP contribution in [0.5, 0.6) is 0 Å². The molecule has 0 N–H and O–H groups in total. The van der Waals surface area contributed by atoms with Crippen LogP contribution in [-0.4, -0.2) is 27.5 Å². The van der Waals surface area contributed by atoms with Crippen molar-refractivity contribution < 1.29 is 13.7 Å². The van der Waals surface area contributed by atoms with Gasteiger partial charge in [0, 0.05) is 12.5 Å². The van der Waals surface area contributed by atoms with E-state index in [0.29, 0.717) is 29.6 Å². The molecule has 2 aromatic heterocycles. The molecule has 0 bridgehead atoms. The molecule has 1 unspecified atom stereocenters. The van der Waals surface area contributed by atoms with Gasteiger partial charge in [0.05, 0.1) is 5.56 Å². The van der Waals surface area contributed by atoms with Gasteiger partial charge in [0.15, 0.2) is 5.82 Å². The molecule has 1 aliphatic heterocycles. The quantitative estimate of drug-likeness (QED) is 0.869. The van der Waals surface area contributed by atoms with Gasteiger partial charge in [0.25, 0.3) is 5.91 Å². The van der Waals surface area contributed by atoms with Crippen LogP contribution in [-0.2, 0) is 0 Å². The molecule has 2 aromatic rings. The number of carbonyl (C=O) groups is 1. The Morgan fingerprint density at radius 2 is 2.18 bits per heavy atom. The molecule has 3 rings (SSSR count). The van der Waals surface area contributed by atoms with Crippen LogP contribution < -0.4 is 0 Å². The molecule has 0 aromatic carbocycles. The molecule has 3 heterocycles. The third kappa shape index (κ3) is 2.53. The van der Waals surface area contributed by atoms with Gasteiger partial charge in [-0.3, -0.25) is 4.79 Å². The molecular formula is C16H21N3O3. The predicted octanol–water partition coefficient (Wildman–Crippen LogP) is 3.38. The second kappa shape index (κ2) is 5.59. The lowest BCUT2D eigenvalue weighted by Crippen LogP contribution is -2.30. The number of carbonyl (C=O) groups excluding carboxylic acids is 1. The molecule has 6 heteroatoms. The summed E-state index contributed by atoms with van der Waals surface area (Å²) >= 11 is 0. The van der Waals surface area contributed by atoms with E-state index >= 15 is 0 Å². The Kier molecular flexibility index (Phi) is 3.76. The lowest BCUT2D eigenvalue weighted by atomic mass is 10.1. The van der Waals surface area contributed by atoms with E-state index in [0.717, 1.165) is 18.6 Å². The fourth-order valence-electron chi connectivity index (χ4n) is 2.88. The molecule has 1 atom stereocenters. The highest BCUT2D eigenvalue weighted by molar-refractivity contribution is 5.95. The maximum Gasteiger partial charge on any atom is 0.258 e. The lowest BCUT2D eigenvalue weighted by molar-refractivity contribution is 0.0708. The van der Waals surface area contributed by atoms with Gasteiger partial charge in [0.2, 0.25) is 5.89 Å². The van der Waals surface area contributed by atoms with Gasteiger partial charge < -0.3 is 13.8 Å². The molecule has 0 radical (unpaired) electrons. The van der Waals surface area contributed by atoms with Crippen molar-refractivity contribution in [3.8, 4) is 0 Å².